The lowest BCUT2D eigenvalue weighted by atomic mass is 9.84. The Hall–Kier alpha value is -1.22. The highest BCUT2D eigenvalue weighted by atomic mass is 127. The van der Waals surface area contributed by atoms with Gasteiger partial charge < -0.3 is 10.6 Å². The van der Waals surface area contributed by atoms with Gasteiger partial charge in [-0.25, -0.2) is 14.4 Å². The third kappa shape index (κ3) is 6.89. The minimum atomic E-state index is -0.212. The smallest absolute Gasteiger partial charge is 0.191 e. The van der Waals surface area contributed by atoms with E-state index in [0.29, 0.717) is 13.1 Å². The summed E-state index contributed by atoms with van der Waals surface area (Å²) in [6.07, 6.45) is 1.86. The number of nitrogens with zero attached hydrogens (tertiary/aromatic N) is 2. The average molecular weight is 476 g/mol. The zero-order chi connectivity index (χ0) is 17.6. The van der Waals surface area contributed by atoms with E-state index in [2.05, 4.69) is 34.5 Å². The van der Waals surface area contributed by atoms with Crippen molar-refractivity contribution in [2.75, 3.05) is 13.1 Å². The Balaban J connectivity index is 0.00000312. The zero-order valence-electron chi connectivity index (χ0n) is 15.1. The van der Waals surface area contributed by atoms with Crippen LogP contribution >= 0.6 is 35.3 Å². The normalized spacial score (nSPS) is 11.8. The second kappa shape index (κ2) is 10.1. The van der Waals surface area contributed by atoms with Gasteiger partial charge in [0.05, 0.1) is 6.54 Å². The summed E-state index contributed by atoms with van der Waals surface area (Å²) in [4.78, 5) is 10.1. The van der Waals surface area contributed by atoms with Crippen LogP contribution in [0.5, 0.6) is 0 Å². The highest BCUT2D eigenvalue weighted by Gasteiger charge is 2.21. The molecule has 1 aromatic heterocycles. The highest BCUT2D eigenvalue weighted by molar-refractivity contribution is 14.0. The molecule has 2 N–H and O–H groups in total. The first-order chi connectivity index (χ1) is 11.4. The molecule has 0 fully saturated rings. The van der Waals surface area contributed by atoms with Gasteiger partial charge >= 0.3 is 0 Å². The summed E-state index contributed by atoms with van der Waals surface area (Å²) in [5.74, 6) is 0.537. The van der Waals surface area contributed by atoms with E-state index in [1.54, 1.807) is 23.5 Å². The topological polar surface area (TPSA) is 49.3 Å². The van der Waals surface area contributed by atoms with Crippen molar-refractivity contribution in [1.29, 1.82) is 0 Å². The molecule has 0 aliphatic heterocycles. The Labute approximate surface area is 170 Å². The third-order valence-electron chi connectivity index (χ3n) is 3.69. The van der Waals surface area contributed by atoms with Crippen LogP contribution in [0.2, 0.25) is 0 Å². The van der Waals surface area contributed by atoms with E-state index >= 15 is 0 Å². The lowest BCUT2D eigenvalue weighted by molar-refractivity contribution is 0.503. The molecule has 2 aromatic rings. The van der Waals surface area contributed by atoms with Crippen molar-refractivity contribution in [3.63, 3.8) is 0 Å². The number of aliphatic imine (C=N–C) groups is 1. The fraction of sp³-hybridized carbons (Fsp3) is 0.444. The standard InChI is InChI=1S/C18H25FN4S.HI/c1-5-20-17(22-11-16-21-10-13(2)24-16)23-12-18(3,4)14-7-6-8-15(19)9-14;/h6-10H,5,11-12H2,1-4H3,(H2,20,22,23);1H. The van der Waals surface area contributed by atoms with E-state index < -0.39 is 0 Å². The van der Waals surface area contributed by atoms with Gasteiger partial charge in [-0.1, -0.05) is 26.0 Å². The Bertz CT molecular complexity index is 700. The van der Waals surface area contributed by atoms with Gasteiger partial charge in [0.1, 0.15) is 10.8 Å². The molecule has 0 amide bonds. The first kappa shape index (κ1) is 21.8. The summed E-state index contributed by atoms with van der Waals surface area (Å²) in [5.41, 5.74) is 0.747. The molecular formula is C18H26FIN4S. The molecule has 0 radical (unpaired) electrons. The summed E-state index contributed by atoms with van der Waals surface area (Å²) in [6.45, 7) is 10.2. The van der Waals surface area contributed by atoms with Crippen molar-refractivity contribution in [3.05, 3.63) is 51.7 Å². The number of benzene rings is 1. The number of guanidine groups is 1. The van der Waals surface area contributed by atoms with E-state index in [4.69, 9.17) is 0 Å². The van der Waals surface area contributed by atoms with Crippen molar-refractivity contribution in [2.24, 2.45) is 4.99 Å². The fourth-order valence-electron chi connectivity index (χ4n) is 2.28. The van der Waals surface area contributed by atoms with E-state index in [0.717, 1.165) is 23.1 Å². The largest absolute Gasteiger partial charge is 0.357 e. The van der Waals surface area contributed by atoms with Crippen LogP contribution in [0.3, 0.4) is 0 Å². The van der Waals surface area contributed by atoms with Crippen LogP contribution in [0.4, 0.5) is 4.39 Å². The number of thiazole rings is 1. The average Bonchev–Trinajstić information content (AvgIpc) is 2.95. The SMILES string of the molecule is CCNC(=NCc1ncc(C)s1)NCC(C)(C)c1cccc(F)c1.I. The minimum Gasteiger partial charge on any atom is -0.357 e. The molecule has 1 heterocycles. The van der Waals surface area contributed by atoms with Crippen molar-refractivity contribution in [2.45, 2.75) is 39.7 Å². The van der Waals surface area contributed by atoms with Gasteiger partial charge in [-0.05, 0) is 31.5 Å². The van der Waals surface area contributed by atoms with E-state index in [-0.39, 0.29) is 35.2 Å². The van der Waals surface area contributed by atoms with Crippen LogP contribution in [0.15, 0.2) is 35.5 Å². The van der Waals surface area contributed by atoms with Crippen LogP contribution in [-0.2, 0) is 12.0 Å². The molecule has 0 saturated carbocycles. The van der Waals surface area contributed by atoms with Gasteiger partial charge in [0.25, 0.3) is 0 Å². The quantitative estimate of drug-likeness (QED) is 0.373. The molecular weight excluding hydrogens is 450 g/mol. The third-order valence-corrected chi connectivity index (χ3v) is 4.59. The number of aromatic nitrogens is 1. The maximum absolute atomic E-state index is 13.5. The maximum atomic E-state index is 13.5. The van der Waals surface area contributed by atoms with Crippen molar-refractivity contribution >= 4 is 41.3 Å². The Morgan fingerprint density at radius 3 is 2.68 bits per heavy atom. The lowest BCUT2D eigenvalue weighted by Crippen LogP contribution is -2.43. The van der Waals surface area contributed by atoms with Crippen molar-refractivity contribution < 1.29 is 4.39 Å². The second-order valence-electron chi connectivity index (χ2n) is 6.31. The van der Waals surface area contributed by atoms with Crippen molar-refractivity contribution in [3.8, 4) is 0 Å². The molecule has 4 nitrogen and oxygen atoms in total. The number of aryl methyl sites for hydroxylation is 1. The van der Waals surface area contributed by atoms with Crippen LogP contribution in [0, 0.1) is 12.7 Å². The molecule has 138 valence electrons. The molecule has 0 spiro atoms. The molecule has 0 aliphatic rings. The van der Waals surface area contributed by atoms with Crippen LogP contribution < -0.4 is 10.6 Å². The lowest BCUT2D eigenvalue weighted by Gasteiger charge is -2.26. The van der Waals surface area contributed by atoms with Crippen LogP contribution in [0.25, 0.3) is 0 Å². The fourth-order valence-corrected chi connectivity index (χ4v) is 2.99. The van der Waals surface area contributed by atoms with Gasteiger partial charge in [-0.3, -0.25) is 0 Å². The zero-order valence-corrected chi connectivity index (χ0v) is 18.2. The van der Waals surface area contributed by atoms with Crippen LogP contribution in [-0.4, -0.2) is 24.0 Å². The highest BCUT2D eigenvalue weighted by Crippen LogP contribution is 2.22. The number of rotatable bonds is 6. The number of nitrogens with one attached hydrogen (secondary N) is 2. The van der Waals surface area contributed by atoms with Gasteiger partial charge in [0.2, 0.25) is 0 Å². The van der Waals surface area contributed by atoms with Crippen molar-refractivity contribution in [1.82, 2.24) is 15.6 Å². The minimum absolute atomic E-state index is 0. The summed E-state index contributed by atoms with van der Waals surface area (Å²) < 4.78 is 13.5. The molecule has 1 aromatic carbocycles. The molecule has 0 atom stereocenters. The van der Waals surface area contributed by atoms with E-state index in [1.165, 1.54) is 10.9 Å². The summed E-state index contributed by atoms with van der Waals surface area (Å²) >= 11 is 1.65. The number of halogens is 2. The van der Waals surface area contributed by atoms with Gasteiger partial charge in [-0.15, -0.1) is 35.3 Å². The Kier molecular flexibility index (Phi) is 8.78. The van der Waals surface area contributed by atoms with Crippen LogP contribution in [0.1, 0.15) is 36.2 Å². The summed E-state index contributed by atoms with van der Waals surface area (Å²) in [7, 11) is 0. The van der Waals surface area contributed by atoms with E-state index in [9.17, 15) is 4.39 Å². The first-order valence-corrected chi connectivity index (χ1v) is 8.92. The first-order valence-electron chi connectivity index (χ1n) is 8.10. The molecule has 0 saturated heterocycles. The van der Waals surface area contributed by atoms with Gasteiger partial charge in [-0.2, -0.15) is 0 Å². The molecule has 7 heteroatoms. The molecule has 0 aliphatic carbocycles. The second-order valence-corrected chi connectivity index (χ2v) is 7.63. The number of hydrogen-bond acceptors (Lipinski definition) is 3. The Morgan fingerprint density at radius 2 is 2.08 bits per heavy atom. The molecule has 0 unspecified atom stereocenters. The predicted molar refractivity (Wildman–Crippen MR) is 115 cm³/mol. The molecule has 2 rings (SSSR count). The summed E-state index contributed by atoms with van der Waals surface area (Å²) in [6, 6.07) is 6.75. The maximum Gasteiger partial charge on any atom is 0.191 e. The monoisotopic (exact) mass is 476 g/mol. The number of hydrogen-bond donors (Lipinski definition) is 2. The molecule has 0 bridgehead atoms. The van der Waals surface area contributed by atoms with Gasteiger partial charge in [0.15, 0.2) is 5.96 Å². The Morgan fingerprint density at radius 1 is 1.32 bits per heavy atom. The van der Waals surface area contributed by atoms with E-state index in [1.807, 2.05) is 26.1 Å². The predicted octanol–water partition coefficient (Wildman–Crippen LogP) is 4.24. The summed E-state index contributed by atoms with van der Waals surface area (Å²) in [5, 5.41) is 7.58. The van der Waals surface area contributed by atoms with Gasteiger partial charge in [0, 0.05) is 29.6 Å². The molecule has 25 heavy (non-hydrogen) atoms.